The monoisotopic (exact) mass is 258 g/mol. The van der Waals surface area contributed by atoms with Crippen LogP contribution in [0.4, 0.5) is 11.6 Å². The highest BCUT2D eigenvalue weighted by molar-refractivity contribution is 6.02. The van der Waals surface area contributed by atoms with Crippen LogP contribution in [0, 0.1) is 13.8 Å². The van der Waals surface area contributed by atoms with Gasteiger partial charge in [-0.3, -0.25) is 9.78 Å². The number of nitrogen functional groups attached to an aromatic ring is 1. The molecule has 0 aliphatic heterocycles. The molecule has 2 heterocycles. The Bertz CT molecular complexity index is 593. The maximum Gasteiger partial charge on any atom is 0.277 e. The molecule has 7 heteroatoms. The summed E-state index contributed by atoms with van der Waals surface area (Å²) >= 11 is 0. The zero-order chi connectivity index (χ0) is 13.8. The highest BCUT2D eigenvalue weighted by Crippen LogP contribution is 2.10. The van der Waals surface area contributed by atoms with E-state index in [1.54, 1.807) is 6.07 Å². The van der Waals surface area contributed by atoms with Crippen molar-refractivity contribution in [2.24, 2.45) is 5.84 Å². The molecule has 0 fully saturated rings. The number of aryl methyl sites for hydroxylation is 2. The molecule has 2 aromatic rings. The molecule has 0 bridgehead atoms. The van der Waals surface area contributed by atoms with Crippen LogP contribution in [0.3, 0.4) is 0 Å². The van der Waals surface area contributed by atoms with Gasteiger partial charge in [0.2, 0.25) is 0 Å². The number of nitrogens with two attached hydrogens (primary N) is 1. The number of rotatable bonds is 3. The molecule has 2 aromatic heterocycles. The molecule has 0 aromatic carbocycles. The highest BCUT2D eigenvalue weighted by Gasteiger charge is 2.10. The van der Waals surface area contributed by atoms with E-state index in [9.17, 15) is 4.79 Å². The molecule has 0 radical (unpaired) electrons. The van der Waals surface area contributed by atoms with Gasteiger partial charge in [0.15, 0.2) is 5.82 Å². The lowest BCUT2D eigenvalue weighted by molar-refractivity contribution is 0.102. The molecule has 0 aliphatic rings. The van der Waals surface area contributed by atoms with Crippen molar-refractivity contribution in [2.45, 2.75) is 13.8 Å². The first-order valence-electron chi connectivity index (χ1n) is 5.64. The summed E-state index contributed by atoms with van der Waals surface area (Å²) in [4.78, 5) is 24.1. The Hall–Kier alpha value is -2.54. The van der Waals surface area contributed by atoms with Crippen molar-refractivity contribution in [3.05, 3.63) is 41.5 Å². The second-order valence-electron chi connectivity index (χ2n) is 4.06. The van der Waals surface area contributed by atoms with Gasteiger partial charge in [-0.1, -0.05) is 0 Å². The van der Waals surface area contributed by atoms with Gasteiger partial charge in [0.05, 0.1) is 12.4 Å². The van der Waals surface area contributed by atoms with Crippen LogP contribution >= 0.6 is 0 Å². The number of hydrogen-bond donors (Lipinski definition) is 3. The first kappa shape index (κ1) is 12.9. The number of hydrogen-bond acceptors (Lipinski definition) is 6. The van der Waals surface area contributed by atoms with Gasteiger partial charge in [0.25, 0.3) is 5.91 Å². The number of nitrogens with zero attached hydrogens (tertiary/aromatic N) is 3. The molecule has 0 saturated heterocycles. The van der Waals surface area contributed by atoms with E-state index in [-0.39, 0.29) is 11.6 Å². The third kappa shape index (κ3) is 3.23. The van der Waals surface area contributed by atoms with Crippen LogP contribution in [0.2, 0.25) is 0 Å². The zero-order valence-corrected chi connectivity index (χ0v) is 10.6. The van der Waals surface area contributed by atoms with Crippen molar-refractivity contribution < 1.29 is 4.79 Å². The van der Waals surface area contributed by atoms with E-state index in [4.69, 9.17) is 5.84 Å². The standard InChI is InChI=1S/C12H14N6O/c1-7-3-8(2)15-10(4-7)17-12(19)9-5-14-6-11(16-9)18-13/h3-6H,13H2,1-2H3,(H,16,18)(H,15,17,19). The second-order valence-corrected chi connectivity index (χ2v) is 4.06. The predicted molar refractivity (Wildman–Crippen MR) is 71.5 cm³/mol. The molecule has 0 spiro atoms. The zero-order valence-electron chi connectivity index (χ0n) is 10.6. The molecular weight excluding hydrogens is 244 g/mol. The maximum absolute atomic E-state index is 12.0. The number of nitrogens with one attached hydrogen (secondary N) is 2. The van der Waals surface area contributed by atoms with E-state index in [0.29, 0.717) is 11.6 Å². The second kappa shape index (κ2) is 5.40. The van der Waals surface area contributed by atoms with Crippen LogP contribution < -0.4 is 16.6 Å². The Labute approximate surface area is 110 Å². The van der Waals surface area contributed by atoms with Gasteiger partial charge in [0.1, 0.15) is 11.5 Å². The summed E-state index contributed by atoms with van der Waals surface area (Å²) < 4.78 is 0. The van der Waals surface area contributed by atoms with E-state index < -0.39 is 0 Å². The smallest absolute Gasteiger partial charge is 0.277 e. The van der Waals surface area contributed by atoms with Gasteiger partial charge in [-0.05, 0) is 31.5 Å². The van der Waals surface area contributed by atoms with Crippen molar-refractivity contribution in [2.75, 3.05) is 10.7 Å². The van der Waals surface area contributed by atoms with Crippen LogP contribution in [0.1, 0.15) is 21.7 Å². The summed E-state index contributed by atoms with van der Waals surface area (Å²) in [5.74, 6) is 5.63. The van der Waals surface area contributed by atoms with E-state index in [2.05, 4.69) is 25.7 Å². The summed E-state index contributed by atoms with van der Waals surface area (Å²) in [6.07, 6.45) is 2.78. The fourth-order valence-electron chi connectivity index (χ4n) is 1.63. The molecule has 0 unspecified atom stereocenters. The van der Waals surface area contributed by atoms with Crippen LogP contribution in [0.5, 0.6) is 0 Å². The first-order valence-corrected chi connectivity index (χ1v) is 5.64. The van der Waals surface area contributed by atoms with Gasteiger partial charge >= 0.3 is 0 Å². The molecular formula is C12H14N6O. The van der Waals surface area contributed by atoms with Crippen LogP contribution in [0.15, 0.2) is 24.5 Å². The normalized spacial score (nSPS) is 10.1. The molecule has 0 saturated carbocycles. The van der Waals surface area contributed by atoms with E-state index in [1.165, 1.54) is 12.4 Å². The molecule has 4 N–H and O–H groups in total. The van der Waals surface area contributed by atoms with Gasteiger partial charge in [-0.15, -0.1) is 0 Å². The minimum atomic E-state index is -0.387. The average molecular weight is 258 g/mol. The van der Waals surface area contributed by atoms with Crippen molar-refractivity contribution >= 4 is 17.5 Å². The first-order chi connectivity index (χ1) is 9.08. The molecule has 7 nitrogen and oxygen atoms in total. The minimum absolute atomic E-state index is 0.163. The van der Waals surface area contributed by atoms with Crippen molar-refractivity contribution in [3.8, 4) is 0 Å². The summed E-state index contributed by atoms with van der Waals surface area (Å²) in [5, 5.41) is 2.67. The van der Waals surface area contributed by atoms with Crippen molar-refractivity contribution in [1.82, 2.24) is 15.0 Å². The van der Waals surface area contributed by atoms with E-state index in [1.807, 2.05) is 19.9 Å². The summed E-state index contributed by atoms with van der Waals surface area (Å²) in [6, 6.07) is 3.71. The van der Waals surface area contributed by atoms with Gasteiger partial charge < -0.3 is 10.7 Å². The van der Waals surface area contributed by atoms with Gasteiger partial charge in [-0.2, -0.15) is 0 Å². The third-order valence-corrected chi connectivity index (χ3v) is 2.35. The Kier molecular flexibility index (Phi) is 3.67. The van der Waals surface area contributed by atoms with Crippen LogP contribution in [0.25, 0.3) is 0 Å². The maximum atomic E-state index is 12.0. The number of amides is 1. The molecule has 0 atom stereocenters. The SMILES string of the molecule is Cc1cc(C)nc(NC(=O)c2cncc(NN)n2)c1. The topological polar surface area (TPSA) is 106 Å². The summed E-state index contributed by atoms with van der Waals surface area (Å²) in [6.45, 7) is 3.80. The van der Waals surface area contributed by atoms with Crippen LogP contribution in [-0.2, 0) is 0 Å². The highest BCUT2D eigenvalue weighted by atomic mass is 16.1. The molecule has 1 amide bonds. The largest absolute Gasteiger partial charge is 0.307 e. The average Bonchev–Trinajstić information content (AvgIpc) is 2.37. The number of aromatic nitrogens is 3. The summed E-state index contributed by atoms with van der Waals surface area (Å²) in [5.41, 5.74) is 4.35. The fraction of sp³-hybridized carbons (Fsp3) is 0.167. The quantitative estimate of drug-likeness (QED) is 0.560. The Morgan fingerprint density at radius 3 is 2.63 bits per heavy atom. The number of hydrazine groups is 1. The third-order valence-electron chi connectivity index (χ3n) is 2.35. The lowest BCUT2D eigenvalue weighted by Crippen LogP contribution is -2.17. The Balaban J connectivity index is 2.20. The van der Waals surface area contributed by atoms with Gasteiger partial charge in [-0.25, -0.2) is 15.8 Å². The fourth-order valence-corrected chi connectivity index (χ4v) is 1.63. The lowest BCUT2D eigenvalue weighted by atomic mass is 10.2. The molecule has 2 rings (SSSR count). The van der Waals surface area contributed by atoms with Gasteiger partial charge in [0, 0.05) is 5.69 Å². The Morgan fingerprint density at radius 2 is 1.95 bits per heavy atom. The van der Waals surface area contributed by atoms with Crippen molar-refractivity contribution in [1.29, 1.82) is 0 Å². The number of anilines is 2. The van der Waals surface area contributed by atoms with Crippen molar-refractivity contribution in [3.63, 3.8) is 0 Å². The number of carbonyl (C=O) groups is 1. The molecule has 19 heavy (non-hydrogen) atoms. The Morgan fingerprint density at radius 1 is 1.16 bits per heavy atom. The molecule has 0 aliphatic carbocycles. The van der Waals surface area contributed by atoms with Crippen LogP contribution in [-0.4, -0.2) is 20.9 Å². The lowest BCUT2D eigenvalue weighted by Gasteiger charge is -2.06. The van der Waals surface area contributed by atoms with E-state index in [0.717, 1.165) is 11.3 Å². The number of carbonyl (C=O) groups excluding carboxylic acids is 1. The number of pyridine rings is 1. The van der Waals surface area contributed by atoms with E-state index >= 15 is 0 Å². The summed E-state index contributed by atoms with van der Waals surface area (Å²) in [7, 11) is 0. The minimum Gasteiger partial charge on any atom is -0.307 e. The molecule has 98 valence electrons. The predicted octanol–water partition coefficient (Wildman–Crippen LogP) is 1.03.